The molecule has 0 spiro atoms. The summed E-state index contributed by atoms with van der Waals surface area (Å²) >= 11 is 6.12. The maximum atomic E-state index is 14.2. The van der Waals surface area contributed by atoms with Crippen LogP contribution in [0.25, 0.3) is 0 Å². The number of nitrogens with zero attached hydrogens (tertiary/aromatic N) is 1. The zero-order chi connectivity index (χ0) is 26.6. The molecule has 208 valence electrons. The molecule has 4 unspecified atom stereocenters. The highest BCUT2D eigenvalue weighted by molar-refractivity contribution is 6.30. The third kappa shape index (κ3) is 9.92. The van der Waals surface area contributed by atoms with Crippen molar-refractivity contribution in [3.8, 4) is 0 Å². The molecule has 1 aromatic carbocycles. The number of benzene rings is 1. The summed E-state index contributed by atoms with van der Waals surface area (Å²) in [5.74, 6) is -0.145. The van der Waals surface area contributed by atoms with Gasteiger partial charge in [0.05, 0.1) is 12.7 Å². The first-order valence-electron chi connectivity index (χ1n) is 13.2. The molecule has 2 aliphatic heterocycles. The number of hydrogen-bond acceptors (Lipinski definition) is 5. The average Bonchev–Trinajstić information content (AvgIpc) is 3.12. The second kappa shape index (κ2) is 15.3. The Morgan fingerprint density at radius 3 is 2.86 bits per heavy atom. The number of piperidine rings is 1. The Bertz CT molecular complexity index is 851. The molecule has 2 heterocycles. The number of carbonyl (C=O) groups excluding carboxylic acids is 1. The highest BCUT2D eigenvalue weighted by Crippen LogP contribution is 2.34. The summed E-state index contributed by atoms with van der Waals surface area (Å²) in [6.07, 6.45) is 4.08. The lowest BCUT2D eigenvalue weighted by Gasteiger charge is -2.38. The monoisotopic (exact) mass is 542 g/mol. The van der Waals surface area contributed by atoms with Crippen LogP contribution in [0.5, 0.6) is 0 Å². The fraction of sp³-hybridized carbons (Fsp3) is 0.692. The van der Waals surface area contributed by atoms with Gasteiger partial charge in [-0.2, -0.15) is 0 Å². The number of carboxylic acid groups (broad SMARTS) is 1. The zero-order valence-corrected chi connectivity index (χ0v) is 22.3. The maximum Gasteiger partial charge on any atom is 0.404 e. The number of hydrogen-bond donors (Lipinski definition) is 4. The van der Waals surface area contributed by atoms with Crippen molar-refractivity contribution in [3.63, 3.8) is 0 Å². The molecule has 0 radical (unpaired) electrons. The largest absolute Gasteiger partial charge is 0.465 e. The van der Waals surface area contributed by atoms with Gasteiger partial charge in [0.2, 0.25) is 0 Å². The summed E-state index contributed by atoms with van der Waals surface area (Å²) in [6.45, 7) is 3.48. The molecule has 0 aromatic heterocycles. The maximum absolute atomic E-state index is 14.2. The smallest absolute Gasteiger partial charge is 0.404 e. The summed E-state index contributed by atoms with van der Waals surface area (Å²) in [6, 6.07) is 4.15. The quantitative estimate of drug-likeness (QED) is 0.314. The Kier molecular flexibility index (Phi) is 12.2. The van der Waals surface area contributed by atoms with Crippen LogP contribution in [0.15, 0.2) is 18.2 Å². The van der Waals surface area contributed by atoms with Gasteiger partial charge in [-0.1, -0.05) is 18.0 Å². The van der Waals surface area contributed by atoms with E-state index < -0.39 is 18.0 Å². The molecule has 2 aliphatic rings. The van der Waals surface area contributed by atoms with Crippen LogP contribution in [0.3, 0.4) is 0 Å². The second-order valence-electron chi connectivity index (χ2n) is 9.95. The van der Waals surface area contributed by atoms with E-state index in [1.807, 2.05) is 7.05 Å². The Morgan fingerprint density at radius 2 is 2.11 bits per heavy atom. The van der Waals surface area contributed by atoms with E-state index in [2.05, 4.69) is 16.0 Å². The molecular weight excluding hydrogens is 503 g/mol. The second-order valence-corrected chi connectivity index (χ2v) is 10.4. The molecule has 2 fully saturated rings. The fourth-order valence-electron chi connectivity index (χ4n) is 5.29. The van der Waals surface area contributed by atoms with Crippen molar-refractivity contribution in [1.82, 2.24) is 20.9 Å². The van der Waals surface area contributed by atoms with Crippen LogP contribution in [-0.2, 0) is 9.47 Å². The van der Waals surface area contributed by atoms with Crippen molar-refractivity contribution >= 4 is 23.7 Å². The average molecular weight is 543 g/mol. The molecule has 11 heteroatoms. The molecule has 0 saturated carbocycles. The molecule has 1 aromatic rings. The molecular formula is C26H40ClFN4O5. The zero-order valence-electron chi connectivity index (χ0n) is 21.5. The molecule has 4 atom stereocenters. The third-order valence-corrected chi connectivity index (χ3v) is 7.18. The molecule has 3 rings (SSSR count). The van der Waals surface area contributed by atoms with E-state index >= 15 is 0 Å². The lowest BCUT2D eigenvalue weighted by atomic mass is 9.88. The van der Waals surface area contributed by atoms with Gasteiger partial charge in [0.1, 0.15) is 5.82 Å². The van der Waals surface area contributed by atoms with Crippen molar-refractivity contribution in [2.75, 3.05) is 53.0 Å². The molecule has 0 bridgehead atoms. The number of likely N-dealkylation sites (tertiary alicyclic amines) is 1. The number of carbonyl (C=O) groups is 2. The first-order valence-corrected chi connectivity index (χ1v) is 13.6. The lowest BCUT2D eigenvalue weighted by Crippen LogP contribution is -2.52. The van der Waals surface area contributed by atoms with E-state index in [0.29, 0.717) is 31.1 Å². The van der Waals surface area contributed by atoms with E-state index in [1.54, 1.807) is 11.0 Å². The minimum absolute atomic E-state index is 0.0132. The van der Waals surface area contributed by atoms with E-state index in [-0.39, 0.29) is 36.2 Å². The van der Waals surface area contributed by atoms with Crippen molar-refractivity contribution in [2.45, 2.75) is 50.7 Å². The van der Waals surface area contributed by atoms with Gasteiger partial charge in [0.25, 0.3) is 0 Å². The molecule has 37 heavy (non-hydrogen) atoms. The minimum Gasteiger partial charge on any atom is -0.465 e. The molecule has 2 saturated heterocycles. The van der Waals surface area contributed by atoms with Crippen LogP contribution in [0.2, 0.25) is 5.02 Å². The number of amides is 3. The normalized spacial score (nSPS) is 22.1. The van der Waals surface area contributed by atoms with Gasteiger partial charge >= 0.3 is 12.1 Å². The summed E-state index contributed by atoms with van der Waals surface area (Å²) < 4.78 is 26.0. The Labute approximate surface area is 223 Å². The van der Waals surface area contributed by atoms with Crippen LogP contribution in [-0.4, -0.2) is 81.2 Å². The van der Waals surface area contributed by atoms with Crippen LogP contribution in [0.1, 0.15) is 50.2 Å². The van der Waals surface area contributed by atoms with Gasteiger partial charge in [-0.15, -0.1) is 0 Å². The predicted octanol–water partition coefficient (Wildman–Crippen LogP) is 4.02. The first kappa shape index (κ1) is 29.4. The van der Waals surface area contributed by atoms with Gasteiger partial charge < -0.3 is 35.4 Å². The number of halogens is 2. The van der Waals surface area contributed by atoms with Crippen LogP contribution in [0, 0.1) is 17.7 Å². The van der Waals surface area contributed by atoms with Crippen LogP contribution in [0.4, 0.5) is 14.0 Å². The van der Waals surface area contributed by atoms with Gasteiger partial charge in [-0.05, 0) is 68.8 Å². The van der Waals surface area contributed by atoms with Crippen molar-refractivity contribution in [1.29, 1.82) is 0 Å². The summed E-state index contributed by atoms with van der Waals surface area (Å²) in [4.78, 5) is 25.9. The highest BCUT2D eigenvalue weighted by Gasteiger charge is 2.32. The number of urea groups is 1. The SMILES string of the molecule is CNCC(CC1CCCCOC1)NC(=O)N1CCCC(C(OCCNC(=O)O)c2cc(F)cc(Cl)c2)C1. The van der Waals surface area contributed by atoms with Gasteiger partial charge in [-0.3, -0.25) is 0 Å². The standard InChI is InChI=1S/C26H40ClFN4O5/c1-29-15-23(11-18-5-2-3-9-36-17-18)31-25(33)32-8-4-6-19(16-32)24(37-10-7-30-26(34)35)20-12-21(27)14-22(28)13-20/h12-14,18-19,23-24,29-30H,2-11,15-17H2,1H3,(H,31,33)(H,34,35). The molecule has 0 aliphatic carbocycles. The van der Waals surface area contributed by atoms with Crippen LogP contribution < -0.4 is 16.0 Å². The number of likely N-dealkylation sites (N-methyl/N-ethyl adjacent to an activating group) is 1. The Balaban J connectivity index is 1.65. The molecule has 4 N–H and O–H groups in total. The van der Waals surface area contributed by atoms with Crippen molar-refractivity contribution in [2.24, 2.45) is 11.8 Å². The molecule has 3 amide bonds. The summed E-state index contributed by atoms with van der Waals surface area (Å²) in [5.41, 5.74) is 0.578. The van der Waals surface area contributed by atoms with Crippen molar-refractivity contribution in [3.05, 3.63) is 34.6 Å². The number of ether oxygens (including phenoxy) is 2. The minimum atomic E-state index is -1.14. The van der Waals surface area contributed by atoms with Gasteiger partial charge in [0.15, 0.2) is 0 Å². The number of nitrogens with one attached hydrogen (secondary N) is 3. The summed E-state index contributed by atoms with van der Waals surface area (Å²) in [5, 5.41) is 17.8. The van der Waals surface area contributed by atoms with Gasteiger partial charge in [0, 0.05) is 56.4 Å². The lowest BCUT2D eigenvalue weighted by molar-refractivity contribution is -0.00868. The topological polar surface area (TPSA) is 112 Å². The Morgan fingerprint density at radius 1 is 1.27 bits per heavy atom. The van der Waals surface area contributed by atoms with E-state index in [9.17, 15) is 14.0 Å². The highest BCUT2D eigenvalue weighted by atomic mass is 35.5. The van der Waals surface area contributed by atoms with Gasteiger partial charge in [-0.25, -0.2) is 14.0 Å². The fourth-order valence-corrected chi connectivity index (χ4v) is 5.52. The Hall–Kier alpha value is -2.14. The predicted molar refractivity (Wildman–Crippen MR) is 139 cm³/mol. The van der Waals surface area contributed by atoms with E-state index in [1.165, 1.54) is 12.1 Å². The molecule has 9 nitrogen and oxygen atoms in total. The summed E-state index contributed by atoms with van der Waals surface area (Å²) in [7, 11) is 1.88. The van der Waals surface area contributed by atoms with E-state index in [0.717, 1.165) is 51.7 Å². The third-order valence-electron chi connectivity index (χ3n) is 6.96. The first-order chi connectivity index (χ1) is 17.9. The number of rotatable bonds is 11. The van der Waals surface area contributed by atoms with Crippen molar-refractivity contribution < 1.29 is 28.6 Å². The van der Waals surface area contributed by atoms with Crippen LogP contribution >= 0.6 is 11.6 Å². The van der Waals surface area contributed by atoms with E-state index in [4.69, 9.17) is 26.2 Å².